The highest BCUT2D eigenvalue weighted by molar-refractivity contribution is 8.14. The minimum Gasteiger partial charge on any atom is -0.320 e. The van der Waals surface area contributed by atoms with E-state index in [-0.39, 0.29) is 11.5 Å². The maximum atomic E-state index is 11.8. The Bertz CT molecular complexity index is 375. The zero-order valence-electron chi connectivity index (χ0n) is 11.5. The molecule has 2 atom stereocenters. The first kappa shape index (κ1) is 19.6. The lowest BCUT2D eigenvalue weighted by Crippen LogP contribution is -2.43. The van der Waals surface area contributed by atoms with Gasteiger partial charge in [0.25, 0.3) is 0 Å². The predicted molar refractivity (Wildman–Crippen MR) is 88.7 cm³/mol. The standard InChI is InChI=1S/C12H20N2O3S3/c1-3-5-18-7-9(13)11(15)20(17)12(16)10(14)8-19-6-4-2/h3-6,9-10H,7-8,13-14H2,1-2H3/b5-3+,6-4+/t9-,10-/m0/s1. The fraction of sp³-hybridized carbons (Fsp3) is 0.500. The summed E-state index contributed by atoms with van der Waals surface area (Å²) in [7, 11) is -2.28. The summed E-state index contributed by atoms with van der Waals surface area (Å²) in [6, 6.07) is -1.87. The van der Waals surface area contributed by atoms with Gasteiger partial charge in [-0.1, -0.05) is 12.2 Å². The van der Waals surface area contributed by atoms with Gasteiger partial charge in [-0.25, -0.2) is 4.21 Å². The van der Waals surface area contributed by atoms with Crippen LogP contribution in [0.3, 0.4) is 0 Å². The van der Waals surface area contributed by atoms with Crippen LogP contribution in [0.4, 0.5) is 0 Å². The van der Waals surface area contributed by atoms with E-state index in [0.717, 1.165) is 0 Å². The van der Waals surface area contributed by atoms with Gasteiger partial charge in [0.2, 0.25) is 10.2 Å². The second-order valence-corrected chi connectivity index (χ2v) is 6.95. The molecule has 0 spiro atoms. The van der Waals surface area contributed by atoms with Crippen LogP contribution in [0.1, 0.15) is 13.8 Å². The third-order valence-corrected chi connectivity index (χ3v) is 5.36. The largest absolute Gasteiger partial charge is 0.320 e. The average molecular weight is 337 g/mol. The van der Waals surface area contributed by atoms with Crippen molar-refractivity contribution in [2.45, 2.75) is 25.9 Å². The van der Waals surface area contributed by atoms with Crippen LogP contribution in [0.5, 0.6) is 0 Å². The molecule has 5 nitrogen and oxygen atoms in total. The van der Waals surface area contributed by atoms with Gasteiger partial charge in [-0.15, -0.1) is 23.5 Å². The van der Waals surface area contributed by atoms with Crippen LogP contribution < -0.4 is 11.5 Å². The third kappa shape index (κ3) is 7.39. The molecule has 0 aliphatic rings. The van der Waals surface area contributed by atoms with E-state index in [9.17, 15) is 13.8 Å². The van der Waals surface area contributed by atoms with E-state index in [2.05, 4.69) is 0 Å². The minimum absolute atomic E-state index is 0.282. The Labute approximate surface area is 130 Å². The summed E-state index contributed by atoms with van der Waals surface area (Å²) in [4.78, 5) is 23.5. The molecule has 0 bridgehead atoms. The first-order valence-corrected chi connectivity index (χ1v) is 9.16. The van der Waals surface area contributed by atoms with E-state index < -0.39 is 33.1 Å². The van der Waals surface area contributed by atoms with Crippen molar-refractivity contribution in [2.75, 3.05) is 11.5 Å². The van der Waals surface area contributed by atoms with E-state index in [1.807, 2.05) is 13.8 Å². The van der Waals surface area contributed by atoms with E-state index in [1.165, 1.54) is 23.5 Å². The highest BCUT2D eigenvalue weighted by atomic mass is 32.2. The summed E-state index contributed by atoms with van der Waals surface area (Å²) in [6.07, 6.45) is 3.61. The van der Waals surface area contributed by atoms with Gasteiger partial charge >= 0.3 is 0 Å². The molecule has 0 amide bonds. The number of carbonyl (C=O) groups excluding carboxylic acids is 2. The SMILES string of the molecule is C/C=C/SC[C@H](N)C(=O)S(=O)C(=O)[C@@H](N)CS/C=C/C. The molecule has 0 aromatic carbocycles. The summed E-state index contributed by atoms with van der Waals surface area (Å²) < 4.78 is 11.8. The number of thioether (sulfide) groups is 2. The van der Waals surface area contributed by atoms with Crippen LogP contribution >= 0.6 is 23.5 Å². The number of allylic oxidation sites excluding steroid dienone is 2. The first-order valence-electron chi connectivity index (χ1n) is 5.91. The summed E-state index contributed by atoms with van der Waals surface area (Å²) in [6.45, 7) is 3.67. The van der Waals surface area contributed by atoms with Crippen LogP contribution in [-0.4, -0.2) is 38.0 Å². The zero-order valence-corrected chi connectivity index (χ0v) is 13.9. The highest BCUT2D eigenvalue weighted by Gasteiger charge is 2.29. The van der Waals surface area contributed by atoms with Gasteiger partial charge in [0.05, 0.1) is 12.1 Å². The Morgan fingerprint density at radius 3 is 1.65 bits per heavy atom. The van der Waals surface area contributed by atoms with Gasteiger partial charge in [0, 0.05) is 11.5 Å². The Hall–Kier alpha value is -0.410. The van der Waals surface area contributed by atoms with Crippen molar-refractivity contribution in [1.29, 1.82) is 0 Å². The van der Waals surface area contributed by atoms with E-state index in [0.29, 0.717) is 0 Å². The van der Waals surface area contributed by atoms with Gasteiger partial charge in [-0.05, 0) is 24.7 Å². The number of hydrogen-bond donors (Lipinski definition) is 2. The van der Waals surface area contributed by atoms with Gasteiger partial charge in [-0.2, -0.15) is 0 Å². The second kappa shape index (κ2) is 11.3. The van der Waals surface area contributed by atoms with Crippen LogP contribution in [0.25, 0.3) is 0 Å². The van der Waals surface area contributed by atoms with Crippen molar-refractivity contribution in [3.63, 3.8) is 0 Å². The maximum Gasteiger partial charge on any atom is 0.244 e. The predicted octanol–water partition coefficient (Wildman–Crippen LogP) is 0.976. The molecule has 114 valence electrons. The Morgan fingerprint density at radius 2 is 1.35 bits per heavy atom. The molecule has 4 N–H and O–H groups in total. The number of nitrogens with two attached hydrogens (primary N) is 2. The fourth-order valence-electron chi connectivity index (χ4n) is 1.02. The van der Waals surface area contributed by atoms with Crippen LogP contribution in [0.15, 0.2) is 23.0 Å². The molecular weight excluding hydrogens is 316 g/mol. The average Bonchev–Trinajstić information content (AvgIpc) is 2.45. The van der Waals surface area contributed by atoms with Crippen molar-refractivity contribution in [3.8, 4) is 0 Å². The Morgan fingerprint density at radius 1 is 1.00 bits per heavy atom. The van der Waals surface area contributed by atoms with Crippen LogP contribution in [0.2, 0.25) is 0 Å². The number of rotatable bonds is 8. The smallest absolute Gasteiger partial charge is 0.244 e. The van der Waals surface area contributed by atoms with Crippen molar-refractivity contribution in [3.05, 3.63) is 23.0 Å². The molecule has 0 aliphatic heterocycles. The van der Waals surface area contributed by atoms with E-state index >= 15 is 0 Å². The molecule has 0 aromatic heterocycles. The third-order valence-electron chi connectivity index (χ3n) is 1.99. The second-order valence-electron chi connectivity index (χ2n) is 3.73. The van der Waals surface area contributed by atoms with Gasteiger partial charge < -0.3 is 11.5 Å². The number of hydrogen-bond acceptors (Lipinski definition) is 7. The normalized spacial score (nSPS) is 15.1. The highest BCUT2D eigenvalue weighted by Crippen LogP contribution is 2.08. The minimum atomic E-state index is -2.28. The summed E-state index contributed by atoms with van der Waals surface area (Å²) in [5.41, 5.74) is 11.2. The first-order chi connectivity index (χ1) is 9.45. The van der Waals surface area contributed by atoms with Crippen LogP contribution in [0, 0.1) is 0 Å². The lowest BCUT2D eigenvalue weighted by molar-refractivity contribution is -0.114. The zero-order chi connectivity index (χ0) is 15.5. The molecule has 20 heavy (non-hydrogen) atoms. The lowest BCUT2D eigenvalue weighted by Gasteiger charge is -2.11. The molecule has 0 saturated heterocycles. The summed E-state index contributed by atoms with van der Waals surface area (Å²) in [5.74, 6) is 0.565. The topological polar surface area (TPSA) is 103 Å². The Balaban J connectivity index is 4.40. The van der Waals surface area contributed by atoms with Crippen LogP contribution in [-0.2, 0) is 20.4 Å². The number of carbonyl (C=O) groups is 2. The molecular formula is C12H20N2O3S3. The van der Waals surface area contributed by atoms with E-state index in [1.54, 1.807) is 23.0 Å². The lowest BCUT2D eigenvalue weighted by atomic mass is 10.4. The maximum absolute atomic E-state index is 11.8. The molecule has 0 heterocycles. The fourth-order valence-corrected chi connectivity index (χ4v) is 3.47. The monoisotopic (exact) mass is 336 g/mol. The summed E-state index contributed by atoms with van der Waals surface area (Å²) >= 11 is 2.65. The van der Waals surface area contributed by atoms with Crippen molar-refractivity contribution in [1.82, 2.24) is 0 Å². The molecule has 0 radical (unpaired) electrons. The van der Waals surface area contributed by atoms with Crippen molar-refractivity contribution in [2.24, 2.45) is 11.5 Å². The van der Waals surface area contributed by atoms with Gasteiger partial charge in [-0.3, -0.25) is 9.59 Å². The molecule has 0 unspecified atom stereocenters. The Kier molecular flexibility index (Phi) is 11.0. The van der Waals surface area contributed by atoms with Gasteiger partial charge in [0.15, 0.2) is 10.8 Å². The van der Waals surface area contributed by atoms with Gasteiger partial charge in [0.1, 0.15) is 0 Å². The molecule has 0 rings (SSSR count). The van der Waals surface area contributed by atoms with Crippen molar-refractivity contribution < 1.29 is 13.8 Å². The van der Waals surface area contributed by atoms with Crippen molar-refractivity contribution >= 4 is 44.6 Å². The molecule has 0 aromatic rings. The summed E-state index contributed by atoms with van der Waals surface area (Å²) in [5, 5.41) is 2.02. The molecule has 0 saturated carbocycles. The molecule has 0 aliphatic carbocycles. The van der Waals surface area contributed by atoms with E-state index in [4.69, 9.17) is 11.5 Å². The quantitative estimate of drug-likeness (QED) is 0.681. The molecule has 0 fully saturated rings. The molecule has 8 heteroatoms.